The van der Waals surface area contributed by atoms with Gasteiger partial charge in [0, 0.05) is 25.0 Å². The molecular formula is C21H30N2O11. The van der Waals surface area contributed by atoms with E-state index in [4.69, 9.17) is 28.5 Å². The molecule has 0 radical (unpaired) electrons. The molecule has 2 aliphatic rings. The van der Waals surface area contributed by atoms with Crippen LogP contribution in [0.2, 0.25) is 0 Å². The predicted octanol–water partition coefficient (Wildman–Crippen LogP) is -1.01. The zero-order chi connectivity index (χ0) is 24.6. The van der Waals surface area contributed by atoms with E-state index in [0.29, 0.717) is 51.3 Å². The van der Waals surface area contributed by atoms with Gasteiger partial charge in [0.05, 0.1) is 79.0 Å². The smallest absolute Gasteiger partial charge is 0.335 e. The number of carbonyl (C=O) groups excluding carboxylic acids is 5. The van der Waals surface area contributed by atoms with Crippen LogP contribution in [0.25, 0.3) is 0 Å². The molecule has 0 bridgehead atoms. The molecule has 2 rings (SSSR count). The molecule has 1 fully saturated rings. The van der Waals surface area contributed by atoms with E-state index in [1.165, 1.54) is 12.2 Å². The van der Waals surface area contributed by atoms with Crippen LogP contribution in [0.1, 0.15) is 19.3 Å². The molecule has 0 unspecified atom stereocenters. The molecule has 4 amide bonds. The molecule has 13 nitrogen and oxygen atoms in total. The van der Waals surface area contributed by atoms with E-state index in [1.807, 2.05) is 0 Å². The second-order valence-corrected chi connectivity index (χ2v) is 7.02. The van der Waals surface area contributed by atoms with E-state index in [-0.39, 0.29) is 57.4 Å². The maximum atomic E-state index is 11.6. The predicted molar refractivity (Wildman–Crippen MR) is 112 cm³/mol. The Bertz CT molecular complexity index is 706. The van der Waals surface area contributed by atoms with Crippen LogP contribution in [0.5, 0.6) is 0 Å². The van der Waals surface area contributed by atoms with Gasteiger partial charge < -0.3 is 28.5 Å². The largest absolute Gasteiger partial charge is 0.378 e. The summed E-state index contributed by atoms with van der Waals surface area (Å²) in [6, 6.07) is 0. The van der Waals surface area contributed by atoms with Crippen molar-refractivity contribution in [1.82, 2.24) is 9.96 Å². The Morgan fingerprint density at radius 1 is 0.647 bits per heavy atom. The van der Waals surface area contributed by atoms with Crippen LogP contribution in [0.15, 0.2) is 12.2 Å². The third-order valence-corrected chi connectivity index (χ3v) is 4.50. The van der Waals surface area contributed by atoms with Crippen molar-refractivity contribution in [3.05, 3.63) is 12.2 Å². The van der Waals surface area contributed by atoms with Crippen LogP contribution in [-0.4, -0.2) is 112 Å². The number of hydrogen-bond acceptors (Lipinski definition) is 11. The summed E-state index contributed by atoms with van der Waals surface area (Å²) in [5.74, 6) is -2.40. The van der Waals surface area contributed by atoms with E-state index < -0.39 is 17.8 Å². The van der Waals surface area contributed by atoms with Crippen LogP contribution in [0, 0.1) is 0 Å². The number of nitrogens with zero attached hydrogens (tertiary/aromatic N) is 2. The van der Waals surface area contributed by atoms with Gasteiger partial charge in [-0.05, 0) is 0 Å². The summed E-state index contributed by atoms with van der Waals surface area (Å²) in [5.41, 5.74) is 0. The standard InChI is InChI=1S/C21H30N2O11/c24-17-1-2-18(25)22(17)6-8-30-10-12-32-14-16-33-15-13-31-11-9-29-7-5-21(28)34-23-19(26)3-4-20(23)27/h1-2H,3-16H2. The first-order valence-corrected chi connectivity index (χ1v) is 11.0. The number of ether oxygens (including phenoxy) is 5. The van der Waals surface area contributed by atoms with Gasteiger partial charge in [0.25, 0.3) is 23.6 Å². The fourth-order valence-electron chi connectivity index (χ4n) is 2.75. The van der Waals surface area contributed by atoms with Gasteiger partial charge in [-0.2, -0.15) is 0 Å². The van der Waals surface area contributed by atoms with Gasteiger partial charge in [0.15, 0.2) is 0 Å². The minimum absolute atomic E-state index is 0.0543. The fraction of sp³-hybridized carbons (Fsp3) is 0.667. The van der Waals surface area contributed by atoms with Crippen molar-refractivity contribution in [3.8, 4) is 0 Å². The lowest BCUT2D eigenvalue weighted by Gasteiger charge is -2.13. The molecular weight excluding hydrogens is 456 g/mol. The van der Waals surface area contributed by atoms with Gasteiger partial charge >= 0.3 is 5.97 Å². The molecule has 13 heteroatoms. The fourth-order valence-corrected chi connectivity index (χ4v) is 2.75. The van der Waals surface area contributed by atoms with E-state index in [1.54, 1.807) is 0 Å². The normalized spacial score (nSPS) is 15.8. The first-order chi connectivity index (χ1) is 16.5. The highest BCUT2D eigenvalue weighted by Crippen LogP contribution is 2.12. The van der Waals surface area contributed by atoms with E-state index >= 15 is 0 Å². The summed E-state index contributed by atoms with van der Waals surface area (Å²) in [6.07, 6.45) is 2.50. The van der Waals surface area contributed by atoms with Crippen LogP contribution >= 0.6 is 0 Å². The van der Waals surface area contributed by atoms with Crippen molar-refractivity contribution in [3.63, 3.8) is 0 Å². The molecule has 34 heavy (non-hydrogen) atoms. The molecule has 190 valence electrons. The average Bonchev–Trinajstić information content (AvgIpc) is 3.31. The van der Waals surface area contributed by atoms with E-state index in [9.17, 15) is 24.0 Å². The Morgan fingerprint density at radius 2 is 1.06 bits per heavy atom. The number of hydrogen-bond donors (Lipinski definition) is 0. The Labute approximate surface area is 196 Å². The number of amides is 4. The van der Waals surface area contributed by atoms with Crippen LogP contribution < -0.4 is 0 Å². The Hall–Kier alpha value is -2.71. The second kappa shape index (κ2) is 16.0. The van der Waals surface area contributed by atoms with Crippen LogP contribution in [0.4, 0.5) is 0 Å². The molecule has 0 saturated carbocycles. The summed E-state index contributed by atoms with van der Waals surface area (Å²) in [7, 11) is 0. The highest BCUT2D eigenvalue weighted by Gasteiger charge is 2.32. The van der Waals surface area contributed by atoms with Crippen molar-refractivity contribution in [2.45, 2.75) is 19.3 Å². The summed E-state index contributed by atoms with van der Waals surface area (Å²) in [6.45, 7) is 3.41. The molecule has 0 spiro atoms. The number of imide groups is 2. The molecule has 0 aliphatic carbocycles. The molecule has 0 N–H and O–H groups in total. The minimum atomic E-state index is -0.709. The third-order valence-electron chi connectivity index (χ3n) is 4.50. The summed E-state index contributed by atoms with van der Waals surface area (Å²) in [5, 5.41) is 0.507. The second-order valence-electron chi connectivity index (χ2n) is 7.02. The maximum Gasteiger partial charge on any atom is 0.335 e. The zero-order valence-corrected chi connectivity index (χ0v) is 18.9. The summed E-state index contributed by atoms with van der Waals surface area (Å²) < 4.78 is 26.6. The Balaban J connectivity index is 1.27. The lowest BCUT2D eigenvalue weighted by atomic mass is 10.4. The zero-order valence-electron chi connectivity index (χ0n) is 18.9. The number of rotatable bonds is 19. The van der Waals surface area contributed by atoms with E-state index in [2.05, 4.69) is 0 Å². The summed E-state index contributed by atoms with van der Waals surface area (Å²) in [4.78, 5) is 62.7. The van der Waals surface area contributed by atoms with Crippen molar-refractivity contribution in [2.75, 3.05) is 72.6 Å². The quantitative estimate of drug-likeness (QED) is 0.163. The molecule has 2 heterocycles. The molecule has 0 atom stereocenters. The van der Waals surface area contributed by atoms with Crippen molar-refractivity contribution in [1.29, 1.82) is 0 Å². The van der Waals surface area contributed by atoms with Gasteiger partial charge in [-0.1, -0.05) is 0 Å². The van der Waals surface area contributed by atoms with Gasteiger partial charge in [0.1, 0.15) is 0 Å². The van der Waals surface area contributed by atoms with Crippen molar-refractivity contribution >= 4 is 29.6 Å². The lowest BCUT2D eigenvalue weighted by Crippen LogP contribution is -2.33. The molecule has 1 saturated heterocycles. The number of hydroxylamine groups is 2. The Morgan fingerprint density at radius 3 is 1.53 bits per heavy atom. The van der Waals surface area contributed by atoms with Crippen LogP contribution in [0.3, 0.4) is 0 Å². The number of carbonyl (C=O) groups is 5. The van der Waals surface area contributed by atoms with Gasteiger partial charge in [-0.25, -0.2) is 4.79 Å². The maximum absolute atomic E-state index is 11.6. The Kier molecular flexibility index (Phi) is 13.0. The SMILES string of the molecule is O=C(CCOCCOCCOCCOCCOCCN1C(=O)C=CC1=O)ON1C(=O)CCC1=O. The highest BCUT2D eigenvalue weighted by atomic mass is 16.7. The first kappa shape index (κ1) is 27.5. The first-order valence-electron chi connectivity index (χ1n) is 11.0. The van der Waals surface area contributed by atoms with Crippen LogP contribution in [-0.2, 0) is 52.5 Å². The van der Waals surface area contributed by atoms with Crippen molar-refractivity contribution < 1.29 is 52.5 Å². The van der Waals surface area contributed by atoms with Gasteiger partial charge in [-0.3, -0.25) is 24.1 Å². The lowest BCUT2D eigenvalue weighted by molar-refractivity contribution is -0.198. The highest BCUT2D eigenvalue weighted by molar-refractivity contribution is 6.12. The monoisotopic (exact) mass is 486 g/mol. The topological polar surface area (TPSA) is 147 Å². The molecule has 2 aliphatic heterocycles. The molecule has 0 aromatic heterocycles. The molecule has 0 aromatic carbocycles. The van der Waals surface area contributed by atoms with E-state index in [0.717, 1.165) is 4.90 Å². The third kappa shape index (κ3) is 10.5. The minimum Gasteiger partial charge on any atom is -0.378 e. The summed E-state index contributed by atoms with van der Waals surface area (Å²) >= 11 is 0. The molecule has 0 aromatic rings. The van der Waals surface area contributed by atoms with Gasteiger partial charge in [-0.15, -0.1) is 5.06 Å². The van der Waals surface area contributed by atoms with Gasteiger partial charge in [0.2, 0.25) is 0 Å². The van der Waals surface area contributed by atoms with Crippen molar-refractivity contribution in [2.24, 2.45) is 0 Å². The average molecular weight is 486 g/mol.